The number of nitrogen functional groups attached to an aromatic ring is 1. The number of ether oxygens (including phenoxy) is 1. The second-order valence-corrected chi connectivity index (χ2v) is 9.07. The number of anilines is 2. The molecule has 1 amide bonds. The van der Waals surface area contributed by atoms with Crippen LogP contribution in [0, 0.1) is 6.92 Å². The molecule has 0 spiro atoms. The zero-order valence-corrected chi connectivity index (χ0v) is 19.7. The van der Waals surface area contributed by atoms with Gasteiger partial charge in [0.05, 0.1) is 0 Å². The minimum atomic E-state index is -0.240. The Morgan fingerprint density at radius 2 is 1.61 bits per heavy atom. The highest BCUT2D eigenvalue weighted by atomic mass is 32.1. The molecule has 2 aliphatic rings. The van der Waals surface area contributed by atoms with E-state index in [1.54, 1.807) is 4.90 Å². The summed E-state index contributed by atoms with van der Waals surface area (Å²) in [5.41, 5.74) is 15.2. The Labute approximate surface area is 200 Å². The molecular formula is C27H29N3O2S. The SMILES string of the molecule is Cc1c(N)cc(N2CCN(C(=O)OCC3c4ccccc4-c4ccccc43)CC2)cc1CS. The number of nitrogens with zero attached hydrogens (tertiary/aromatic N) is 2. The molecular weight excluding hydrogens is 430 g/mol. The summed E-state index contributed by atoms with van der Waals surface area (Å²) < 4.78 is 5.83. The zero-order valence-electron chi connectivity index (χ0n) is 18.8. The highest BCUT2D eigenvalue weighted by Crippen LogP contribution is 2.44. The maximum Gasteiger partial charge on any atom is 0.409 e. The van der Waals surface area contributed by atoms with E-state index < -0.39 is 0 Å². The molecule has 3 aromatic carbocycles. The number of rotatable bonds is 4. The van der Waals surface area contributed by atoms with Crippen molar-refractivity contribution in [2.24, 2.45) is 0 Å². The number of carbonyl (C=O) groups is 1. The van der Waals surface area contributed by atoms with Crippen LogP contribution in [0.1, 0.15) is 28.2 Å². The van der Waals surface area contributed by atoms with Gasteiger partial charge in [-0.3, -0.25) is 0 Å². The van der Waals surface area contributed by atoms with Crippen LogP contribution in [-0.2, 0) is 10.5 Å². The van der Waals surface area contributed by atoms with E-state index in [4.69, 9.17) is 10.5 Å². The summed E-state index contributed by atoms with van der Waals surface area (Å²) in [6.45, 7) is 5.13. The Bertz CT molecular complexity index is 1140. The standard InChI is InChI=1S/C27H29N3O2S/c1-18-19(17-33)14-20(15-26(18)28)29-10-12-30(13-11-29)27(31)32-16-25-23-8-4-2-6-21(23)22-7-3-5-9-24(22)25/h2-9,14-15,25,33H,10-13,16-17,28H2,1H3. The number of benzene rings is 3. The largest absolute Gasteiger partial charge is 0.448 e. The second-order valence-electron chi connectivity index (χ2n) is 8.76. The van der Waals surface area contributed by atoms with Gasteiger partial charge in [-0.2, -0.15) is 12.6 Å². The molecule has 6 heteroatoms. The van der Waals surface area contributed by atoms with Crippen LogP contribution in [-0.4, -0.2) is 43.8 Å². The summed E-state index contributed by atoms with van der Waals surface area (Å²) in [6.07, 6.45) is -0.240. The Hall–Kier alpha value is -3.12. The predicted octanol–water partition coefficient (Wildman–Crippen LogP) is 5.08. The van der Waals surface area contributed by atoms with Gasteiger partial charge in [0.2, 0.25) is 0 Å². The van der Waals surface area contributed by atoms with Crippen LogP contribution >= 0.6 is 12.6 Å². The first kappa shape index (κ1) is 21.7. The first-order valence-electron chi connectivity index (χ1n) is 11.4. The lowest BCUT2D eigenvalue weighted by molar-refractivity contribution is 0.0977. The average Bonchev–Trinajstić information content (AvgIpc) is 3.18. The highest BCUT2D eigenvalue weighted by Gasteiger charge is 2.30. The van der Waals surface area contributed by atoms with E-state index in [0.717, 1.165) is 35.6 Å². The third-order valence-electron chi connectivity index (χ3n) is 6.95. The van der Waals surface area contributed by atoms with Crippen LogP contribution in [0.3, 0.4) is 0 Å². The Kier molecular flexibility index (Phi) is 5.94. The molecule has 1 saturated heterocycles. The smallest absolute Gasteiger partial charge is 0.409 e. The maximum atomic E-state index is 12.9. The van der Waals surface area contributed by atoms with Crippen molar-refractivity contribution in [3.63, 3.8) is 0 Å². The molecule has 2 N–H and O–H groups in total. The van der Waals surface area contributed by atoms with Gasteiger partial charge in [-0.15, -0.1) is 0 Å². The summed E-state index contributed by atoms with van der Waals surface area (Å²) >= 11 is 4.43. The van der Waals surface area contributed by atoms with Crippen molar-refractivity contribution in [2.75, 3.05) is 43.4 Å². The van der Waals surface area contributed by atoms with Gasteiger partial charge in [-0.25, -0.2) is 4.79 Å². The van der Waals surface area contributed by atoms with E-state index in [-0.39, 0.29) is 12.0 Å². The van der Waals surface area contributed by atoms with Gasteiger partial charge in [-0.05, 0) is 52.4 Å². The third kappa shape index (κ3) is 4.04. The van der Waals surface area contributed by atoms with Crippen LogP contribution in [0.2, 0.25) is 0 Å². The molecule has 5 rings (SSSR count). The molecule has 0 bridgehead atoms. The molecule has 3 aromatic rings. The summed E-state index contributed by atoms with van der Waals surface area (Å²) in [6, 6.07) is 21.0. The number of amides is 1. The van der Waals surface area contributed by atoms with E-state index in [9.17, 15) is 4.79 Å². The number of carbonyl (C=O) groups excluding carboxylic acids is 1. The fraction of sp³-hybridized carbons (Fsp3) is 0.296. The second kappa shape index (κ2) is 9.02. The molecule has 0 radical (unpaired) electrons. The van der Waals surface area contributed by atoms with Gasteiger partial charge in [-0.1, -0.05) is 48.5 Å². The van der Waals surface area contributed by atoms with Crippen molar-refractivity contribution in [1.29, 1.82) is 0 Å². The van der Waals surface area contributed by atoms with Crippen LogP contribution < -0.4 is 10.6 Å². The monoisotopic (exact) mass is 459 g/mol. The quantitative estimate of drug-likeness (QED) is 0.422. The Balaban J connectivity index is 1.22. The fourth-order valence-corrected chi connectivity index (χ4v) is 5.29. The maximum absolute atomic E-state index is 12.9. The predicted molar refractivity (Wildman–Crippen MR) is 137 cm³/mol. The normalized spacial score (nSPS) is 15.3. The molecule has 0 aromatic heterocycles. The highest BCUT2D eigenvalue weighted by molar-refractivity contribution is 7.79. The zero-order chi connectivity index (χ0) is 22.9. The molecule has 1 aliphatic carbocycles. The topological polar surface area (TPSA) is 58.8 Å². The summed E-state index contributed by atoms with van der Waals surface area (Å²) in [7, 11) is 0. The molecule has 0 atom stereocenters. The van der Waals surface area contributed by atoms with E-state index >= 15 is 0 Å². The first-order chi connectivity index (χ1) is 16.1. The minimum absolute atomic E-state index is 0.0813. The van der Waals surface area contributed by atoms with E-state index in [1.165, 1.54) is 22.3 Å². The summed E-state index contributed by atoms with van der Waals surface area (Å²) in [4.78, 5) is 17.0. The van der Waals surface area contributed by atoms with Crippen molar-refractivity contribution in [3.05, 3.63) is 82.9 Å². The number of hydrogen-bond donors (Lipinski definition) is 2. The van der Waals surface area contributed by atoms with E-state index in [2.05, 4.69) is 72.1 Å². The molecule has 0 unspecified atom stereocenters. The van der Waals surface area contributed by atoms with Gasteiger partial charge < -0.3 is 20.3 Å². The van der Waals surface area contributed by atoms with E-state index in [1.807, 2.05) is 13.0 Å². The van der Waals surface area contributed by atoms with Crippen molar-refractivity contribution < 1.29 is 9.53 Å². The third-order valence-corrected chi connectivity index (χ3v) is 7.29. The van der Waals surface area contributed by atoms with Crippen LogP contribution in [0.15, 0.2) is 60.7 Å². The number of thiol groups is 1. The molecule has 1 heterocycles. The lowest BCUT2D eigenvalue weighted by Crippen LogP contribution is -2.49. The minimum Gasteiger partial charge on any atom is -0.448 e. The van der Waals surface area contributed by atoms with Gasteiger partial charge in [0.1, 0.15) is 6.61 Å². The molecule has 1 aliphatic heterocycles. The first-order valence-corrected chi connectivity index (χ1v) is 12.0. The van der Waals surface area contributed by atoms with E-state index in [0.29, 0.717) is 25.4 Å². The number of fused-ring (bicyclic) bond motifs is 3. The van der Waals surface area contributed by atoms with Gasteiger partial charge in [0, 0.05) is 49.2 Å². The lowest BCUT2D eigenvalue weighted by Gasteiger charge is -2.36. The van der Waals surface area contributed by atoms with Gasteiger partial charge >= 0.3 is 6.09 Å². The average molecular weight is 460 g/mol. The summed E-state index contributed by atoms with van der Waals surface area (Å²) in [5.74, 6) is 0.738. The molecule has 0 saturated carbocycles. The molecule has 5 nitrogen and oxygen atoms in total. The van der Waals surface area contributed by atoms with Crippen molar-refractivity contribution in [1.82, 2.24) is 4.90 Å². The van der Waals surface area contributed by atoms with Gasteiger partial charge in [0.15, 0.2) is 0 Å². The van der Waals surface area contributed by atoms with Crippen molar-refractivity contribution in [2.45, 2.75) is 18.6 Å². The number of nitrogens with two attached hydrogens (primary N) is 1. The Morgan fingerprint density at radius 1 is 1.00 bits per heavy atom. The van der Waals surface area contributed by atoms with Crippen LogP contribution in [0.4, 0.5) is 16.2 Å². The van der Waals surface area contributed by atoms with Crippen LogP contribution in [0.25, 0.3) is 11.1 Å². The number of hydrogen-bond acceptors (Lipinski definition) is 5. The lowest BCUT2D eigenvalue weighted by atomic mass is 9.98. The van der Waals surface area contributed by atoms with Crippen molar-refractivity contribution in [3.8, 4) is 11.1 Å². The Morgan fingerprint density at radius 3 is 2.21 bits per heavy atom. The summed E-state index contributed by atoms with van der Waals surface area (Å²) in [5, 5.41) is 0. The molecule has 170 valence electrons. The fourth-order valence-electron chi connectivity index (χ4n) is 4.96. The van der Waals surface area contributed by atoms with Crippen molar-refractivity contribution >= 4 is 30.1 Å². The number of piperazine rings is 1. The van der Waals surface area contributed by atoms with Crippen LogP contribution in [0.5, 0.6) is 0 Å². The molecule has 33 heavy (non-hydrogen) atoms. The van der Waals surface area contributed by atoms with Gasteiger partial charge in [0.25, 0.3) is 0 Å². The molecule has 1 fully saturated rings.